The normalized spacial score (nSPS) is 20.7. The van der Waals surface area contributed by atoms with E-state index in [9.17, 15) is 9.18 Å². The molecule has 0 aromatic heterocycles. The lowest BCUT2D eigenvalue weighted by Crippen LogP contribution is -2.35. The Balaban J connectivity index is 1.23. The zero-order chi connectivity index (χ0) is 23.5. The number of hydrogen-bond acceptors (Lipinski definition) is 7. The number of para-hydroxylation sites is 1. The van der Waals surface area contributed by atoms with Crippen LogP contribution < -0.4 is 4.74 Å². The fraction of sp³-hybridized carbons (Fsp3) is 0.200. The molecule has 0 amide bonds. The lowest BCUT2D eigenvalue weighted by Gasteiger charge is -2.19. The number of nitrogens with zero attached hydrogens (tertiary/aromatic N) is 3. The lowest BCUT2D eigenvalue weighted by atomic mass is 9.91. The van der Waals surface area contributed by atoms with E-state index in [0.29, 0.717) is 24.0 Å². The Morgan fingerprint density at radius 2 is 1.85 bits per heavy atom. The number of epoxide rings is 1. The predicted octanol–water partition coefficient (Wildman–Crippen LogP) is 5.01. The molecule has 1 saturated heterocycles. The van der Waals surface area contributed by atoms with Crippen molar-refractivity contribution < 1.29 is 23.4 Å². The highest BCUT2D eigenvalue weighted by Crippen LogP contribution is 2.58. The largest absolute Gasteiger partial charge is 0.547 e. The molecule has 7 nitrogen and oxygen atoms in total. The van der Waals surface area contributed by atoms with E-state index < -0.39 is 11.8 Å². The highest BCUT2D eigenvalue weighted by Gasteiger charge is 2.61. The summed E-state index contributed by atoms with van der Waals surface area (Å²) in [5.74, 6) is 0.0676. The molecular formula is C25H20ClFN3O4+. The van der Waals surface area contributed by atoms with E-state index >= 15 is 0 Å². The maximum atomic E-state index is 13.6. The van der Waals surface area contributed by atoms with Gasteiger partial charge in [0, 0.05) is 10.6 Å². The van der Waals surface area contributed by atoms with Gasteiger partial charge in [0.15, 0.2) is 6.67 Å². The van der Waals surface area contributed by atoms with Gasteiger partial charge in [0.2, 0.25) is 6.73 Å². The number of carbonyl (C=O) groups excluding carboxylic acids is 1. The lowest BCUT2D eigenvalue weighted by molar-refractivity contribution is 0.0540. The van der Waals surface area contributed by atoms with Gasteiger partial charge in [-0.15, -0.1) is 0 Å². The maximum Gasteiger partial charge on any atom is 0.547 e. The van der Waals surface area contributed by atoms with Gasteiger partial charge in [0.1, 0.15) is 28.4 Å². The molecule has 1 fully saturated rings. The first-order chi connectivity index (χ1) is 16.5. The smallest absolute Gasteiger partial charge is 0.408 e. The molecule has 0 saturated carbocycles. The van der Waals surface area contributed by atoms with Crippen molar-refractivity contribution in [3.8, 4) is 5.75 Å². The van der Waals surface area contributed by atoms with E-state index in [2.05, 4.69) is 11.4 Å². The first kappa shape index (κ1) is 22.1. The van der Waals surface area contributed by atoms with Crippen molar-refractivity contribution in [3.05, 3.63) is 101 Å². The van der Waals surface area contributed by atoms with Crippen molar-refractivity contribution in [2.45, 2.75) is 11.7 Å². The molecule has 2 unspecified atom stereocenters. The number of halogens is 2. The van der Waals surface area contributed by atoms with E-state index in [1.54, 1.807) is 46.3 Å². The van der Waals surface area contributed by atoms with Crippen molar-refractivity contribution in [3.63, 3.8) is 0 Å². The topological polar surface area (TPSA) is 66.9 Å². The Morgan fingerprint density at radius 1 is 1.12 bits per heavy atom. The molecule has 5 rings (SSSR count). The van der Waals surface area contributed by atoms with Gasteiger partial charge >= 0.3 is 12.5 Å². The molecule has 0 N–H and O–H groups in total. The molecule has 0 spiro atoms. The molecule has 34 heavy (non-hydrogen) atoms. The standard InChI is InChI=1S/C25H20ClFN3O4/c26-22-9-5-4-8-21(22)23-25(34-23,18-10-12-19(27)13-11-18)14-30-16-29(15-28-30)17-32-24(31)33-20-6-2-1-3-7-20/h1-13,23H,14,16-17H2/q+1. The Kier molecular flexibility index (Phi) is 6.02. The fourth-order valence-electron chi connectivity index (χ4n) is 3.90. The van der Waals surface area contributed by atoms with Gasteiger partial charge in [-0.1, -0.05) is 65.0 Å². The summed E-state index contributed by atoms with van der Waals surface area (Å²) in [7, 11) is 0. The van der Waals surface area contributed by atoms with Crippen LogP contribution in [0.15, 0.2) is 84.0 Å². The highest BCUT2D eigenvalue weighted by atomic mass is 35.5. The molecule has 2 heterocycles. The van der Waals surface area contributed by atoms with Crippen molar-refractivity contribution in [2.24, 2.45) is 5.10 Å². The molecule has 2 atom stereocenters. The van der Waals surface area contributed by atoms with E-state index in [1.807, 2.05) is 30.3 Å². The molecule has 0 radical (unpaired) electrons. The molecule has 3 aromatic rings. The minimum Gasteiger partial charge on any atom is -0.408 e. The molecule has 9 heteroatoms. The number of carbonyl (C=O) groups is 1. The van der Waals surface area contributed by atoms with Crippen molar-refractivity contribution in [1.82, 2.24) is 9.91 Å². The Hall–Kier alpha value is -3.71. The van der Waals surface area contributed by atoms with E-state index in [-0.39, 0.29) is 18.7 Å². The Morgan fingerprint density at radius 3 is 2.62 bits per heavy atom. The molecule has 172 valence electrons. The fourth-order valence-corrected chi connectivity index (χ4v) is 4.13. The van der Waals surface area contributed by atoms with Gasteiger partial charge in [-0.25, -0.2) is 14.2 Å². The maximum absolute atomic E-state index is 13.6. The van der Waals surface area contributed by atoms with Crippen molar-refractivity contribution >= 4 is 24.1 Å². The van der Waals surface area contributed by atoms with E-state index in [0.717, 1.165) is 11.1 Å². The molecule has 2 aliphatic rings. The number of rotatable bonds is 7. The minimum absolute atomic E-state index is 0.0794. The summed E-state index contributed by atoms with van der Waals surface area (Å²) in [6, 6.07) is 22.3. The average Bonchev–Trinajstić information content (AvgIpc) is 3.38. The Labute approximate surface area is 200 Å². The second-order valence-corrected chi connectivity index (χ2v) is 8.31. The van der Waals surface area contributed by atoms with Crippen molar-refractivity contribution in [2.75, 3.05) is 19.9 Å². The van der Waals surface area contributed by atoms with Gasteiger partial charge < -0.3 is 14.2 Å². The van der Waals surface area contributed by atoms with Crippen LogP contribution >= 0.6 is 11.6 Å². The summed E-state index contributed by atoms with van der Waals surface area (Å²) in [4.78, 5) is 13.5. The third kappa shape index (κ3) is 4.65. The average molecular weight is 481 g/mol. The van der Waals surface area contributed by atoms with Crippen molar-refractivity contribution in [1.29, 1.82) is 0 Å². The van der Waals surface area contributed by atoms with Gasteiger partial charge in [-0.3, -0.25) is 0 Å². The van der Waals surface area contributed by atoms with Gasteiger partial charge in [0.05, 0.1) is 6.54 Å². The van der Waals surface area contributed by atoms with Crippen LogP contribution in [0.3, 0.4) is 0 Å². The monoisotopic (exact) mass is 480 g/mol. The quantitative estimate of drug-likeness (QED) is 0.205. The SMILES string of the molecule is O=C(OCN1[C+]=NN(CC2(c3ccc(F)cc3)OC2c2ccccc2Cl)C1)Oc1ccccc1. The zero-order valence-corrected chi connectivity index (χ0v) is 18.7. The first-order valence-electron chi connectivity index (χ1n) is 10.6. The molecule has 2 aliphatic heterocycles. The first-order valence-corrected chi connectivity index (χ1v) is 11.0. The minimum atomic E-state index is -0.821. The number of benzene rings is 3. The molecule has 0 bridgehead atoms. The van der Waals surface area contributed by atoms with Crippen LogP contribution in [0.5, 0.6) is 5.75 Å². The summed E-state index contributed by atoms with van der Waals surface area (Å²) in [5, 5.41) is 6.63. The number of ether oxygens (including phenoxy) is 3. The Bertz CT molecular complexity index is 1190. The molecule has 0 aliphatic carbocycles. The van der Waals surface area contributed by atoms with Crippen LogP contribution in [0.25, 0.3) is 0 Å². The summed E-state index contributed by atoms with van der Waals surface area (Å²) < 4.78 is 30.0. The van der Waals surface area contributed by atoms with Crippen LogP contribution in [0.4, 0.5) is 9.18 Å². The van der Waals surface area contributed by atoms with Gasteiger partial charge in [-0.05, 0) is 35.9 Å². The van der Waals surface area contributed by atoms with Crippen LogP contribution in [0, 0.1) is 5.82 Å². The zero-order valence-electron chi connectivity index (χ0n) is 17.9. The van der Waals surface area contributed by atoms with Crippen LogP contribution in [0.1, 0.15) is 17.2 Å². The molecule has 3 aromatic carbocycles. The van der Waals surface area contributed by atoms with Crippen LogP contribution in [-0.4, -0.2) is 42.3 Å². The second-order valence-electron chi connectivity index (χ2n) is 7.90. The predicted molar refractivity (Wildman–Crippen MR) is 123 cm³/mol. The van der Waals surface area contributed by atoms with Crippen LogP contribution in [0.2, 0.25) is 5.02 Å². The summed E-state index contributed by atoms with van der Waals surface area (Å²) in [6.07, 6.45) is 1.68. The third-order valence-corrected chi connectivity index (χ3v) is 5.92. The van der Waals surface area contributed by atoms with Gasteiger partial charge in [-0.2, -0.15) is 0 Å². The third-order valence-electron chi connectivity index (χ3n) is 5.58. The summed E-state index contributed by atoms with van der Waals surface area (Å²) in [6.45, 7) is 0.608. The number of hydrogen-bond donors (Lipinski definition) is 0. The summed E-state index contributed by atoms with van der Waals surface area (Å²) >= 11 is 6.41. The van der Waals surface area contributed by atoms with Gasteiger partial charge in [0.25, 0.3) is 0 Å². The van der Waals surface area contributed by atoms with Crippen LogP contribution in [-0.2, 0) is 15.1 Å². The van der Waals surface area contributed by atoms with E-state index in [1.165, 1.54) is 12.1 Å². The summed E-state index contributed by atoms with van der Waals surface area (Å²) in [5.41, 5.74) is 0.909. The second kappa shape index (κ2) is 9.27. The van der Waals surface area contributed by atoms with E-state index in [4.69, 9.17) is 25.8 Å². The molecular weight excluding hydrogens is 461 g/mol. The number of hydrazone groups is 1. The highest BCUT2D eigenvalue weighted by molar-refractivity contribution is 6.31.